The van der Waals surface area contributed by atoms with Crippen LogP contribution in [0.15, 0.2) is 0 Å². The third-order valence-electron chi connectivity index (χ3n) is 2.86. The molecule has 6 nitrogen and oxygen atoms in total. The number of carbonyl (C=O) groups is 1. The van der Waals surface area contributed by atoms with E-state index in [9.17, 15) is 9.90 Å². The molecule has 1 saturated heterocycles. The van der Waals surface area contributed by atoms with Crippen molar-refractivity contribution in [1.82, 2.24) is 4.90 Å². The zero-order valence-corrected chi connectivity index (χ0v) is 9.92. The highest BCUT2D eigenvalue weighted by Gasteiger charge is 2.22. The van der Waals surface area contributed by atoms with Crippen molar-refractivity contribution in [3.8, 4) is 0 Å². The molecule has 6 heteroatoms. The van der Waals surface area contributed by atoms with E-state index < -0.39 is 12.1 Å². The standard InChI is InChI=1S/C11H21NO5/c13-5-6-17-10-1-3-12(4-2-10)8-9(14)7-11(15)16/h9-10,13-14H,1-8H2,(H,15,16). The quantitative estimate of drug-likeness (QED) is 0.551. The van der Waals surface area contributed by atoms with Gasteiger partial charge in [0.2, 0.25) is 0 Å². The molecule has 1 atom stereocenters. The number of piperidine rings is 1. The van der Waals surface area contributed by atoms with Crippen LogP contribution < -0.4 is 0 Å². The summed E-state index contributed by atoms with van der Waals surface area (Å²) in [6, 6.07) is 0. The van der Waals surface area contributed by atoms with Crippen LogP contribution in [-0.4, -0.2) is 71.2 Å². The fourth-order valence-corrected chi connectivity index (χ4v) is 2.04. The van der Waals surface area contributed by atoms with Gasteiger partial charge in [0.05, 0.1) is 31.8 Å². The lowest BCUT2D eigenvalue weighted by atomic mass is 10.1. The first kappa shape index (κ1) is 14.4. The van der Waals surface area contributed by atoms with Crippen molar-refractivity contribution in [2.45, 2.75) is 31.5 Å². The molecule has 3 N–H and O–H groups in total. The van der Waals surface area contributed by atoms with Crippen molar-refractivity contribution in [2.24, 2.45) is 0 Å². The molecular formula is C11H21NO5. The molecule has 1 rings (SSSR count). The second-order valence-corrected chi connectivity index (χ2v) is 4.35. The highest BCUT2D eigenvalue weighted by molar-refractivity contribution is 5.67. The maximum atomic E-state index is 10.4. The van der Waals surface area contributed by atoms with Crippen LogP contribution >= 0.6 is 0 Å². The summed E-state index contributed by atoms with van der Waals surface area (Å²) in [5.74, 6) is -0.973. The van der Waals surface area contributed by atoms with Crippen LogP contribution in [0.1, 0.15) is 19.3 Å². The van der Waals surface area contributed by atoms with Crippen molar-refractivity contribution >= 4 is 5.97 Å². The third-order valence-corrected chi connectivity index (χ3v) is 2.86. The fourth-order valence-electron chi connectivity index (χ4n) is 2.04. The zero-order valence-electron chi connectivity index (χ0n) is 9.92. The van der Waals surface area contributed by atoms with E-state index in [1.807, 2.05) is 4.90 Å². The van der Waals surface area contributed by atoms with Crippen LogP contribution in [0.2, 0.25) is 0 Å². The summed E-state index contributed by atoms with van der Waals surface area (Å²) in [6.07, 6.45) is 0.887. The molecule has 1 heterocycles. The summed E-state index contributed by atoms with van der Waals surface area (Å²) >= 11 is 0. The van der Waals surface area contributed by atoms with E-state index in [0.29, 0.717) is 13.2 Å². The minimum absolute atomic E-state index is 0.0392. The van der Waals surface area contributed by atoms with Gasteiger partial charge < -0.3 is 25.0 Å². The molecule has 0 aliphatic carbocycles. The predicted molar refractivity (Wildman–Crippen MR) is 60.8 cm³/mol. The number of aliphatic hydroxyl groups excluding tert-OH is 2. The van der Waals surface area contributed by atoms with E-state index in [0.717, 1.165) is 25.9 Å². The van der Waals surface area contributed by atoms with Crippen molar-refractivity contribution < 1.29 is 24.9 Å². The van der Waals surface area contributed by atoms with Gasteiger partial charge in [-0.1, -0.05) is 0 Å². The monoisotopic (exact) mass is 247 g/mol. The molecule has 1 unspecified atom stereocenters. The van der Waals surface area contributed by atoms with Gasteiger partial charge in [-0.2, -0.15) is 0 Å². The van der Waals surface area contributed by atoms with Crippen molar-refractivity contribution in [3.63, 3.8) is 0 Å². The van der Waals surface area contributed by atoms with Gasteiger partial charge in [0.15, 0.2) is 0 Å². The van der Waals surface area contributed by atoms with Gasteiger partial charge in [0.1, 0.15) is 0 Å². The van der Waals surface area contributed by atoms with Crippen molar-refractivity contribution in [1.29, 1.82) is 0 Å². The number of hydrogen-bond acceptors (Lipinski definition) is 5. The largest absolute Gasteiger partial charge is 0.481 e. The first-order chi connectivity index (χ1) is 8.11. The number of β-amino-alcohol motifs (C(OH)–C–C–N with tert-alkyl or cyclic N) is 1. The Labute approximate surface area is 101 Å². The summed E-state index contributed by atoms with van der Waals surface area (Å²) < 4.78 is 5.42. The van der Waals surface area contributed by atoms with Crippen molar-refractivity contribution in [2.75, 3.05) is 32.8 Å². The molecule has 0 spiro atoms. The third kappa shape index (κ3) is 5.97. The summed E-state index contributed by atoms with van der Waals surface area (Å²) in [4.78, 5) is 12.4. The molecule has 0 aromatic rings. The minimum Gasteiger partial charge on any atom is -0.481 e. The molecule has 100 valence electrons. The highest BCUT2D eigenvalue weighted by atomic mass is 16.5. The van der Waals surface area contributed by atoms with Crippen LogP contribution in [-0.2, 0) is 9.53 Å². The number of carboxylic acids is 1. The van der Waals surface area contributed by atoms with Crippen LogP contribution in [0.5, 0.6) is 0 Å². The number of hydrogen-bond donors (Lipinski definition) is 3. The van der Waals surface area contributed by atoms with Crippen LogP contribution in [0.4, 0.5) is 0 Å². The highest BCUT2D eigenvalue weighted by Crippen LogP contribution is 2.14. The van der Waals surface area contributed by atoms with E-state index in [1.54, 1.807) is 0 Å². The number of ether oxygens (including phenoxy) is 1. The average Bonchev–Trinajstić information content (AvgIpc) is 2.27. The number of likely N-dealkylation sites (tertiary alicyclic amines) is 1. The maximum Gasteiger partial charge on any atom is 0.306 e. The number of aliphatic carboxylic acids is 1. The first-order valence-corrected chi connectivity index (χ1v) is 5.96. The van der Waals surface area contributed by atoms with E-state index in [4.69, 9.17) is 14.9 Å². The predicted octanol–water partition coefficient (Wildman–Crippen LogP) is -0.705. The minimum atomic E-state index is -0.973. The molecule has 0 saturated carbocycles. The van der Waals surface area contributed by atoms with Gasteiger partial charge >= 0.3 is 5.97 Å². The van der Waals surface area contributed by atoms with Crippen LogP contribution in [0, 0.1) is 0 Å². The molecule has 0 radical (unpaired) electrons. The molecule has 0 aromatic carbocycles. The lowest BCUT2D eigenvalue weighted by molar-refractivity contribution is -0.139. The Bertz CT molecular complexity index is 228. The zero-order chi connectivity index (χ0) is 12.7. The molecule has 1 fully saturated rings. The lowest BCUT2D eigenvalue weighted by Gasteiger charge is -2.32. The second kappa shape index (κ2) is 7.60. The number of aliphatic hydroxyl groups is 2. The average molecular weight is 247 g/mol. The topological polar surface area (TPSA) is 90.2 Å². The second-order valence-electron chi connectivity index (χ2n) is 4.35. The normalized spacial score (nSPS) is 20.4. The molecular weight excluding hydrogens is 226 g/mol. The number of rotatable bonds is 7. The Kier molecular flexibility index (Phi) is 6.43. The lowest BCUT2D eigenvalue weighted by Crippen LogP contribution is -2.41. The van der Waals surface area contributed by atoms with Gasteiger partial charge in [-0.05, 0) is 12.8 Å². The van der Waals surface area contributed by atoms with Crippen LogP contribution in [0.25, 0.3) is 0 Å². The van der Waals surface area contributed by atoms with E-state index in [1.165, 1.54) is 0 Å². The fraction of sp³-hybridized carbons (Fsp3) is 0.909. The van der Waals surface area contributed by atoms with E-state index >= 15 is 0 Å². The number of nitrogens with zero attached hydrogens (tertiary/aromatic N) is 1. The van der Waals surface area contributed by atoms with Gasteiger partial charge in [-0.3, -0.25) is 4.79 Å². The number of carboxylic acid groups (broad SMARTS) is 1. The Morgan fingerprint density at radius 2 is 2.06 bits per heavy atom. The summed E-state index contributed by atoms with van der Waals surface area (Å²) in [5.41, 5.74) is 0. The Hall–Kier alpha value is -0.690. The summed E-state index contributed by atoms with van der Waals surface area (Å²) in [5, 5.41) is 26.7. The molecule has 1 aliphatic rings. The Morgan fingerprint density at radius 1 is 1.41 bits per heavy atom. The Morgan fingerprint density at radius 3 is 2.59 bits per heavy atom. The van der Waals surface area contributed by atoms with E-state index in [-0.39, 0.29) is 19.1 Å². The van der Waals surface area contributed by atoms with Gasteiger partial charge in [-0.25, -0.2) is 0 Å². The Balaban J connectivity index is 2.16. The SMILES string of the molecule is O=C(O)CC(O)CN1CCC(OCCO)CC1. The molecule has 0 aromatic heterocycles. The molecule has 17 heavy (non-hydrogen) atoms. The van der Waals surface area contributed by atoms with Crippen molar-refractivity contribution in [3.05, 3.63) is 0 Å². The smallest absolute Gasteiger partial charge is 0.306 e. The molecule has 0 bridgehead atoms. The van der Waals surface area contributed by atoms with Gasteiger partial charge in [-0.15, -0.1) is 0 Å². The molecule has 0 amide bonds. The van der Waals surface area contributed by atoms with E-state index in [2.05, 4.69) is 0 Å². The summed E-state index contributed by atoms with van der Waals surface area (Å²) in [6.45, 7) is 2.41. The van der Waals surface area contributed by atoms with Crippen LogP contribution in [0.3, 0.4) is 0 Å². The molecule has 1 aliphatic heterocycles. The summed E-state index contributed by atoms with van der Waals surface area (Å²) in [7, 11) is 0. The van der Waals surface area contributed by atoms with Gasteiger partial charge in [0, 0.05) is 19.6 Å². The maximum absolute atomic E-state index is 10.4. The van der Waals surface area contributed by atoms with Gasteiger partial charge in [0.25, 0.3) is 0 Å². The first-order valence-electron chi connectivity index (χ1n) is 5.96.